The number of benzene rings is 1. The first kappa shape index (κ1) is 12.9. The average molecular weight is 247 g/mol. The van der Waals surface area contributed by atoms with Crippen molar-refractivity contribution in [3.8, 4) is 5.75 Å². The molecule has 1 aromatic carbocycles. The highest BCUT2D eigenvalue weighted by Gasteiger charge is 2.35. The fourth-order valence-electron chi connectivity index (χ4n) is 2.45. The van der Waals surface area contributed by atoms with E-state index in [9.17, 15) is 9.90 Å². The molecule has 3 nitrogen and oxygen atoms in total. The van der Waals surface area contributed by atoms with Crippen molar-refractivity contribution in [1.82, 2.24) is 5.32 Å². The number of nitrogens with one attached hydrogen (secondary N) is 1. The van der Waals surface area contributed by atoms with Crippen molar-refractivity contribution in [1.29, 1.82) is 0 Å². The molecule has 2 N–H and O–H groups in total. The van der Waals surface area contributed by atoms with Gasteiger partial charge in [0.1, 0.15) is 5.75 Å². The van der Waals surface area contributed by atoms with E-state index in [1.165, 1.54) is 25.3 Å². The van der Waals surface area contributed by atoms with Gasteiger partial charge < -0.3 is 10.4 Å². The van der Waals surface area contributed by atoms with Gasteiger partial charge in [0.05, 0.1) is 0 Å². The van der Waals surface area contributed by atoms with Gasteiger partial charge in [-0.05, 0) is 49.3 Å². The minimum absolute atomic E-state index is 0.0926. The molecule has 0 aliphatic heterocycles. The standard InChI is InChI=1S/C15H21NO2/c1-3-15(7-4-8-15)10-16-14(18)12-6-5-11(2)13(17)9-12/h5-6,9,17H,3-4,7-8,10H2,1-2H3,(H,16,18). The molecule has 0 radical (unpaired) electrons. The van der Waals surface area contributed by atoms with E-state index >= 15 is 0 Å². The summed E-state index contributed by atoms with van der Waals surface area (Å²) in [7, 11) is 0. The normalized spacial score (nSPS) is 17.0. The minimum atomic E-state index is -0.0926. The molecule has 0 unspecified atom stereocenters. The summed E-state index contributed by atoms with van der Waals surface area (Å²) >= 11 is 0. The largest absolute Gasteiger partial charge is 0.508 e. The number of amides is 1. The van der Waals surface area contributed by atoms with Crippen molar-refractivity contribution in [3.05, 3.63) is 29.3 Å². The molecule has 18 heavy (non-hydrogen) atoms. The Bertz CT molecular complexity index is 444. The van der Waals surface area contributed by atoms with Crippen LogP contribution in [0.15, 0.2) is 18.2 Å². The summed E-state index contributed by atoms with van der Waals surface area (Å²) in [5.41, 5.74) is 1.64. The lowest BCUT2D eigenvalue weighted by atomic mass is 9.67. The Labute approximate surface area is 108 Å². The Morgan fingerprint density at radius 3 is 2.67 bits per heavy atom. The summed E-state index contributed by atoms with van der Waals surface area (Å²) in [6.45, 7) is 4.75. The first-order valence-electron chi connectivity index (χ1n) is 6.64. The Morgan fingerprint density at radius 2 is 2.17 bits per heavy atom. The van der Waals surface area contributed by atoms with Gasteiger partial charge in [0.2, 0.25) is 0 Å². The van der Waals surface area contributed by atoms with E-state index in [-0.39, 0.29) is 11.7 Å². The maximum absolute atomic E-state index is 12.0. The van der Waals surface area contributed by atoms with Gasteiger partial charge in [-0.2, -0.15) is 0 Å². The fraction of sp³-hybridized carbons (Fsp3) is 0.533. The lowest BCUT2D eigenvalue weighted by Crippen LogP contribution is -2.41. The molecule has 1 amide bonds. The van der Waals surface area contributed by atoms with Crippen LogP contribution in [0.2, 0.25) is 0 Å². The molecule has 1 saturated carbocycles. The van der Waals surface area contributed by atoms with Crippen molar-refractivity contribution in [3.63, 3.8) is 0 Å². The number of carbonyl (C=O) groups excluding carboxylic acids is 1. The maximum Gasteiger partial charge on any atom is 0.251 e. The zero-order valence-electron chi connectivity index (χ0n) is 11.1. The quantitative estimate of drug-likeness (QED) is 0.859. The number of hydrogen-bond donors (Lipinski definition) is 2. The van der Waals surface area contributed by atoms with Gasteiger partial charge in [0.15, 0.2) is 0 Å². The second-order valence-corrected chi connectivity index (χ2v) is 5.39. The summed E-state index contributed by atoms with van der Waals surface area (Å²) in [6.07, 6.45) is 4.81. The number of aryl methyl sites for hydroxylation is 1. The number of carbonyl (C=O) groups is 1. The molecule has 1 aliphatic rings. The third kappa shape index (κ3) is 2.50. The molecule has 1 fully saturated rings. The van der Waals surface area contributed by atoms with Crippen LogP contribution in [0.5, 0.6) is 5.75 Å². The molecule has 3 heteroatoms. The fourth-order valence-corrected chi connectivity index (χ4v) is 2.45. The highest BCUT2D eigenvalue weighted by atomic mass is 16.3. The lowest BCUT2D eigenvalue weighted by Gasteiger charge is -2.41. The molecule has 0 bridgehead atoms. The molecule has 1 aliphatic carbocycles. The second kappa shape index (κ2) is 5.01. The molecule has 0 saturated heterocycles. The van der Waals surface area contributed by atoms with Crippen molar-refractivity contribution in [2.75, 3.05) is 6.54 Å². The smallest absolute Gasteiger partial charge is 0.251 e. The number of aromatic hydroxyl groups is 1. The van der Waals surface area contributed by atoms with Crippen LogP contribution in [0.3, 0.4) is 0 Å². The molecule has 0 aromatic heterocycles. The number of hydrogen-bond acceptors (Lipinski definition) is 2. The van der Waals surface area contributed by atoms with Crippen LogP contribution in [0, 0.1) is 12.3 Å². The van der Waals surface area contributed by atoms with Gasteiger partial charge >= 0.3 is 0 Å². The molecular formula is C15H21NO2. The lowest BCUT2D eigenvalue weighted by molar-refractivity contribution is 0.0849. The maximum atomic E-state index is 12.0. The van der Waals surface area contributed by atoms with Gasteiger partial charge in [-0.3, -0.25) is 4.79 Å². The molecule has 0 heterocycles. The summed E-state index contributed by atoms with van der Waals surface area (Å²) < 4.78 is 0. The first-order chi connectivity index (χ1) is 8.56. The Balaban J connectivity index is 1.97. The van der Waals surface area contributed by atoms with E-state index < -0.39 is 0 Å². The Kier molecular flexibility index (Phi) is 3.60. The third-order valence-electron chi connectivity index (χ3n) is 4.26. The van der Waals surface area contributed by atoms with Crippen LogP contribution in [0.25, 0.3) is 0 Å². The topological polar surface area (TPSA) is 49.3 Å². The minimum Gasteiger partial charge on any atom is -0.508 e. The van der Waals surface area contributed by atoms with E-state index in [0.29, 0.717) is 11.0 Å². The van der Waals surface area contributed by atoms with Crippen LogP contribution in [-0.4, -0.2) is 17.6 Å². The predicted molar refractivity (Wildman–Crippen MR) is 71.8 cm³/mol. The van der Waals surface area contributed by atoms with Gasteiger partial charge in [0, 0.05) is 12.1 Å². The van der Waals surface area contributed by atoms with Crippen LogP contribution in [0.4, 0.5) is 0 Å². The summed E-state index contributed by atoms with van der Waals surface area (Å²) in [6, 6.07) is 5.05. The van der Waals surface area contributed by atoms with Crippen molar-refractivity contribution in [2.45, 2.75) is 39.5 Å². The molecule has 0 atom stereocenters. The summed E-state index contributed by atoms with van der Waals surface area (Å²) in [5, 5.41) is 12.6. The predicted octanol–water partition coefficient (Wildman–Crippen LogP) is 3.01. The molecule has 0 spiro atoms. The molecule has 1 aromatic rings. The number of phenolic OH excluding ortho intramolecular Hbond substituents is 1. The number of rotatable bonds is 4. The average Bonchev–Trinajstić information content (AvgIpc) is 2.31. The van der Waals surface area contributed by atoms with E-state index in [1.54, 1.807) is 12.1 Å². The third-order valence-corrected chi connectivity index (χ3v) is 4.26. The Morgan fingerprint density at radius 1 is 1.44 bits per heavy atom. The monoisotopic (exact) mass is 247 g/mol. The highest BCUT2D eigenvalue weighted by Crippen LogP contribution is 2.43. The van der Waals surface area contributed by atoms with Crippen LogP contribution >= 0.6 is 0 Å². The summed E-state index contributed by atoms with van der Waals surface area (Å²) in [5.74, 6) is 0.0847. The zero-order chi connectivity index (χ0) is 13.2. The first-order valence-corrected chi connectivity index (χ1v) is 6.64. The van der Waals surface area contributed by atoms with E-state index in [1.807, 2.05) is 6.92 Å². The van der Waals surface area contributed by atoms with Crippen LogP contribution in [0.1, 0.15) is 48.5 Å². The van der Waals surface area contributed by atoms with Crippen LogP contribution in [-0.2, 0) is 0 Å². The highest BCUT2D eigenvalue weighted by molar-refractivity contribution is 5.94. The Hall–Kier alpha value is -1.51. The van der Waals surface area contributed by atoms with Crippen molar-refractivity contribution >= 4 is 5.91 Å². The molecule has 2 rings (SSSR count). The van der Waals surface area contributed by atoms with Crippen molar-refractivity contribution < 1.29 is 9.90 Å². The van der Waals surface area contributed by atoms with Gasteiger partial charge in [-0.1, -0.05) is 19.4 Å². The van der Waals surface area contributed by atoms with Gasteiger partial charge in [-0.25, -0.2) is 0 Å². The zero-order valence-corrected chi connectivity index (χ0v) is 11.1. The van der Waals surface area contributed by atoms with Crippen LogP contribution < -0.4 is 5.32 Å². The number of phenols is 1. The van der Waals surface area contributed by atoms with Crippen molar-refractivity contribution in [2.24, 2.45) is 5.41 Å². The SMILES string of the molecule is CCC1(CNC(=O)c2ccc(C)c(O)c2)CCC1. The van der Waals surface area contributed by atoms with E-state index in [0.717, 1.165) is 18.5 Å². The van der Waals surface area contributed by atoms with Gasteiger partial charge in [-0.15, -0.1) is 0 Å². The summed E-state index contributed by atoms with van der Waals surface area (Å²) in [4.78, 5) is 12.0. The van der Waals surface area contributed by atoms with E-state index in [2.05, 4.69) is 12.2 Å². The second-order valence-electron chi connectivity index (χ2n) is 5.39. The van der Waals surface area contributed by atoms with Gasteiger partial charge in [0.25, 0.3) is 5.91 Å². The van der Waals surface area contributed by atoms with E-state index in [4.69, 9.17) is 0 Å². The molecule has 98 valence electrons. The molecular weight excluding hydrogens is 226 g/mol.